The van der Waals surface area contributed by atoms with Crippen molar-refractivity contribution in [1.82, 2.24) is 10.2 Å². The van der Waals surface area contributed by atoms with Gasteiger partial charge in [0, 0.05) is 31.6 Å². The maximum absolute atomic E-state index is 12.8. The molecular weight excluding hydrogens is 444 g/mol. The third-order valence-electron chi connectivity index (χ3n) is 7.59. The van der Waals surface area contributed by atoms with E-state index in [0.29, 0.717) is 6.42 Å². The number of Topliss-reactive ketones (excluding diaryl/α,β-unsaturated/α-hetero) is 1. The summed E-state index contributed by atoms with van der Waals surface area (Å²) in [6.45, 7) is 4.97. The van der Waals surface area contributed by atoms with E-state index in [1.165, 1.54) is 28.7 Å². The topological polar surface area (TPSA) is 41.6 Å². The molecule has 3 aromatic rings. The van der Waals surface area contributed by atoms with E-state index < -0.39 is 0 Å². The lowest BCUT2D eigenvalue weighted by Crippen LogP contribution is -2.38. The maximum atomic E-state index is 12.8. The van der Waals surface area contributed by atoms with Crippen molar-refractivity contribution in [2.75, 3.05) is 26.2 Å². The summed E-state index contributed by atoms with van der Waals surface area (Å²) >= 11 is 0. The molecule has 1 N–H and O–H groups in total. The summed E-state index contributed by atoms with van der Waals surface area (Å²) in [7, 11) is 0. The van der Waals surface area contributed by atoms with E-state index in [1.54, 1.807) is 0 Å². The quantitative estimate of drug-likeness (QED) is 0.382. The van der Waals surface area contributed by atoms with Crippen molar-refractivity contribution in [3.63, 3.8) is 0 Å². The highest BCUT2D eigenvalue weighted by molar-refractivity contribution is 5.96. The Balaban J connectivity index is 1.09. The Morgan fingerprint density at radius 2 is 1.61 bits per heavy atom. The number of nitrogens with one attached hydrogen (secondary N) is 1. The van der Waals surface area contributed by atoms with Crippen LogP contribution in [0.5, 0.6) is 0 Å². The summed E-state index contributed by atoms with van der Waals surface area (Å²) in [5.74, 6) is 0.272. The molecule has 2 aliphatic rings. The fourth-order valence-electron chi connectivity index (χ4n) is 5.51. The van der Waals surface area contributed by atoms with Crippen molar-refractivity contribution in [2.24, 2.45) is 0 Å². The number of ether oxygens (including phenoxy) is 1. The first-order valence-electron chi connectivity index (χ1n) is 13.6. The molecule has 0 aromatic heterocycles. The van der Waals surface area contributed by atoms with Crippen molar-refractivity contribution in [3.8, 4) is 0 Å². The highest BCUT2D eigenvalue weighted by Gasteiger charge is 2.24. The van der Waals surface area contributed by atoms with Crippen molar-refractivity contribution >= 4 is 5.78 Å². The summed E-state index contributed by atoms with van der Waals surface area (Å²) in [6, 6.07) is 27.4. The number of ketones is 1. The lowest BCUT2D eigenvalue weighted by atomic mass is 9.97. The molecule has 3 aromatic carbocycles. The van der Waals surface area contributed by atoms with Crippen LogP contribution in [0.25, 0.3) is 0 Å². The number of hydrogen-bond donors (Lipinski definition) is 1. The molecule has 0 atom stereocenters. The standard InChI is InChI=1S/C32H38N2O2/c35-31(28-16-15-25-13-7-19-33-24-29(25)23-28)14-8-20-34-21-17-30(18-22-34)36-32(26-9-3-1-4-10-26)27-11-5-2-6-12-27/h1-6,9-12,15-16,23,30,32-33H,7-8,13-14,17-22,24H2. The Bertz CT molecular complexity index is 1070. The van der Waals surface area contributed by atoms with Crippen molar-refractivity contribution in [3.05, 3.63) is 107 Å². The van der Waals surface area contributed by atoms with Gasteiger partial charge in [-0.2, -0.15) is 0 Å². The van der Waals surface area contributed by atoms with Gasteiger partial charge in [-0.15, -0.1) is 0 Å². The van der Waals surface area contributed by atoms with Gasteiger partial charge in [-0.3, -0.25) is 4.79 Å². The molecule has 4 nitrogen and oxygen atoms in total. The first-order chi connectivity index (χ1) is 17.8. The monoisotopic (exact) mass is 482 g/mol. The minimum atomic E-state index is -0.0299. The molecule has 0 saturated carbocycles. The van der Waals surface area contributed by atoms with Crippen LogP contribution in [0.3, 0.4) is 0 Å². The van der Waals surface area contributed by atoms with E-state index in [-0.39, 0.29) is 18.0 Å². The van der Waals surface area contributed by atoms with Crippen molar-refractivity contribution in [1.29, 1.82) is 0 Å². The predicted molar refractivity (Wildman–Crippen MR) is 145 cm³/mol. The molecule has 0 spiro atoms. The van der Waals surface area contributed by atoms with Gasteiger partial charge in [0.1, 0.15) is 6.10 Å². The zero-order valence-electron chi connectivity index (χ0n) is 21.2. The number of rotatable bonds is 9. The third-order valence-corrected chi connectivity index (χ3v) is 7.59. The van der Waals surface area contributed by atoms with Crippen molar-refractivity contribution in [2.45, 2.75) is 57.3 Å². The van der Waals surface area contributed by atoms with E-state index in [1.807, 2.05) is 6.07 Å². The predicted octanol–water partition coefficient (Wildman–Crippen LogP) is 5.96. The van der Waals surface area contributed by atoms with Gasteiger partial charge >= 0.3 is 0 Å². The molecule has 0 unspecified atom stereocenters. The fourth-order valence-corrected chi connectivity index (χ4v) is 5.51. The van der Waals surface area contributed by atoms with Gasteiger partial charge in [0.2, 0.25) is 0 Å². The van der Waals surface area contributed by atoms with Gasteiger partial charge in [-0.1, -0.05) is 72.8 Å². The zero-order valence-corrected chi connectivity index (χ0v) is 21.2. The minimum absolute atomic E-state index is 0.0299. The SMILES string of the molecule is O=C(CCCN1CCC(OC(c2ccccc2)c2ccccc2)CC1)c1ccc2c(c1)CNCCC2. The van der Waals surface area contributed by atoms with Crippen LogP contribution >= 0.6 is 0 Å². The maximum Gasteiger partial charge on any atom is 0.162 e. The van der Waals surface area contributed by atoms with Gasteiger partial charge < -0.3 is 15.0 Å². The molecule has 5 rings (SSSR count). The largest absolute Gasteiger partial charge is 0.365 e. The number of benzene rings is 3. The number of hydrogen-bond acceptors (Lipinski definition) is 4. The van der Waals surface area contributed by atoms with Crippen LogP contribution in [-0.4, -0.2) is 43.0 Å². The summed E-state index contributed by atoms with van der Waals surface area (Å²) < 4.78 is 6.68. The van der Waals surface area contributed by atoms with Crippen LogP contribution in [0.4, 0.5) is 0 Å². The molecule has 2 aliphatic heterocycles. The highest BCUT2D eigenvalue weighted by atomic mass is 16.5. The van der Waals surface area contributed by atoms with Gasteiger partial charge in [0.05, 0.1) is 6.10 Å². The Morgan fingerprint density at radius 1 is 0.917 bits per heavy atom. The minimum Gasteiger partial charge on any atom is -0.365 e. The molecule has 4 heteroatoms. The molecule has 2 heterocycles. The summed E-state index contributed by atoms with van der Waals surface area (Å²) in [4.78, 5) is 15.3. The first-order valence-corrected chi connectivity index (χ1v) is 13.6. The van der Waals surface area contributed by atoms with Crippen LogP contribution in [-0.2, 0) is 17.7 Å². The second kappa shape index (κ2) is 12.4. The average molecular weight is 483 g/mol. The van der Waals surface area contributed by atoms with Crippen LogP contribution in [0.1, 0.15) is 70.8 Å². The smallest absolute Gasteiger partial charge is 0.162 e. The average Bonchev–Trinajstić information content (AvgIpc) is 3.18. The zero-order chi connectivity index (χ0) is 24.6. The number of fused-ring (bicyclic) bond motifs is 1. The second-order valence-corrected chi connectivity index (χ2v) is 10.2. The lowest BCUT2D eigenvalue weighted by molar-refractivity contribution is -0.0270. The van der Waals surface area contributed by atoms with Crippen LogP contribution in [0, 0.1) is 0 Å². The third kappa shape index (κ3) is 6.50. The number of likely N-dealkylation sites (tertiary alicyclic amines) is 1. The number of nitrogens with zero attached hydrogens (tertiary/aromatic N) is 1. The first kappa shape index (κ1) is 24.9. The molecule has 188 valence electrons. The molecule has 1 saturated heterocycles. The normalized spacial score (nSPS) is 17.0. The number of aryl methyl sites for hydroxylation is 1. The van der Waals surface area contributed by atoms with E-state index >= 15 is 0 Å². The molecule has 1 fully saturated rings. The molecule has 0 aliphatic carbocycles. The lowest BCUT2D eigenvalue weighted by Gasteiger charge is -2.34. The molecule has 0 amide bonds. The van der Waals surface area contributed by atoms with Crippen molar-refractivity contribution < 1.29 is 9.53 Å². The van der Waals surface area contributed by atoms with Gasteiger partial charge in [-0.25, -0.2) is 0 Å². The number of carbonyl (C=O) groups excluding carboxylic acids is 1. The fraction of sp³-hybridized carbons (Fsp3) is 0.406. The van der Waals surface area contributed by atoms with E-state index in [0.717, 1.165) is 64.0 Å². The number of carbonyl (C=O) groups is 1. The van der Waals surface area contributed by atoms with Crippen LogP contribution < -0.4 is 5.32 Å². The molecular formula is C32H38N2O2. The summed E-state index contributed by atoms with van der Waals surface area (Å²) in [6.07, 6.45) is 6.08. The molecule has 0 bridgehead atoms. The van der Waals surface area contributed by atoms with Crippen LogP contribution in [0.15, 0.2) is 78.9 Å². The Hall–Kier alpha value is -2.79. The molecule has 0 radical (unpaired) electrons. The van der Waals surface area contributed by atoms with E-state index in [4.69, 9.17) is 4.74 Å². The van der Waals surface area contributed by atoms with Gasteiger partial charge in [0.25, 0.3) is 0 Å². The van der Waals surface area contributed by atoms with Gasteiger partial charge in [-0.05, 0) is 73.5 Å². The van der Waals surface area contributed by atoms with E-state index in [9.17, 15) is 4.79 Å². The number of piperidine rings is 1. The Labute approximate surface area is 215 Å². The Kier molecular flexibility index (Phi) is 8.60. The highest BCUT2D eigenvalue weighted by Crippen LogP contribution is 2.30. The summed E-state index contributed by atoms with van der Waals surface area (Å²) in [5.41, 5.74) is 5.97. The molecule has 36 heavy (non-hydrogen) atoms. The van der Waals surface area contributed by atoms with E-state index in [2.05, 4.69) is 83.0 Å². The Morgan fingerprint density at radius 3 is 2.31 bits per heavy atom. The summed E-state index contributed by atoms with van der Waals surface area (Å²) in [5, 5.41) is 3.46. The van der Waals surface area contributed by atoms with Crippen LogP contribution in [0.2, 0.25) is 0 Å². The second-order valence-electron chi connectivity index (χ2n) is 10.2. The van der Waals surface area contributed by atoms with Gasteiger partial charge in [0.15, 0.2) is 5.78 Å².